The number of rotatable bonds is 3. The average molecular weight is 385 g/mol. The lowest BCUT2D eigenvalue weighted by molar-refractivity contribution is -0.115. The second kappa shape index (κ2) is 8.21. The van der Waals surface area contributed by atoms with Crippen LogP contribution in [0.4, 0.5) is 9.39 Å². The summed E-state index contributed by atoms with van der Waals surface area (Å²) in [5.41, 5.74) is 2.44. The second-order valence-corrected chi connectivity index (χ2v) is 7.37. The number of carbonyl (C=O) groups excluding carboxylic acids is 1. The highest BCUT2D eigenvalue weighted by atomic mass is 32.1. The van der Waals surface area contributed by atoms with E-state index in [1.165, 1.54) is 34.4 Å². The van der Waals surface area contributed by atoms with Gasteiger partial charge in [-0.2, -0.15) is 5.26 Å². The zero-order valence-corrected chi connectivity index (χ0v) is 15.5. The highest BCUT2D eigenvalue weighted by Gasteiger charge is 2.21. The van der Waals surface area contributed by atoms with Gasteiger partial charge in [-0.15, -0.1) is 11.3 Å². The molecule has 0 fully saturated rings. The molecule has 0 radical (unpaired) electrons. The van der Waals surface area contributed by atoms with Crippen molar-refractivity contribution in [2.45, 2.75) is 25.7 Å². The Bertz CT molecular complexity index is 910. The van der Waals surface area contributed by atoms with Gasteiger partial charge in [0.1, 0.15) is 16.9 Å². The fourth-order valence-electron chi connectivity index (χ4n) is 2.81. The summed E-state index contributed by atoms with van der Waals surface area (Å²) in [5.74, 6) is -0.726. The van der Waals surface area contributed by atoms with Crippen molar-refractivity contribution in [1.82, 2.24) is 5.32 Å². The molecular formula is C19H16FN3OS2. The zero-order chi connectivity index (χ0) is 18.5. The predicted octanol–water partition coefficient (Wildman–Crippen LogP) is 4.16. The molecule has 2 N–H and O–H groups in total. The number of halogens is 1. The van der Waals surface area contributed by atoms with Crippen molar-refractivity contribution in [3.63, 3.8) is 0 Å². The summed E-state index contributed by atoms with van der Waals surface area (Å²) in [4.78, 5) is 13.2. The summed E-state index contributed by atoms with van der Waals surface area (Å²) in [5, 5.41) is 15.8. The quantitative estimate of drug-likeness (QED) is 0.615. The number of benzene rings is 1. The van der Waals surface area contributed by atoms with Crippen LogP contribution in [0.2, 0.25) is 0 Å². The van der Waals surface area contributed by atoms with E-state index in [-0.39, 0.29) is 10.9 Å². The third-order valence-electron chi connectivity index (χ3n) is 4.04. The number of hydrogen-bond acceptors (Lipinski definition) is 4. The number of amides is 1. The minimum atomic E-state index is -0.397. The van der Waals surface area contributed by atoms with Gasteiger partial charge in [-0.25, -0.2) is 4.39 Å². The van der Waals surface area contributed by atoms with Gasteiger partial charge in [-0.1, -0.05) is 12.1 Å². The maximum atomic E-state index is 12.9. The molecular weight excluding hydrogens is 369 g/mol. The Labute approximate surface area is 160 Å². The van der Waals surface area contributed by atoms with Gasteiger partial charge in [0.05, 0.1) is 5.56 Å². The normalized spacial score (nSPS) is 13.1. The smallest absolute Gasteiger partial charge is 0.250 e. The third kappa shape index (κ3) is 4.34. The largest absolute Gasteiger partial charge is 0.323 e. The van der Waals surface area contributed by atoms with E-state index < -0.39 is 5.91 Å². The number of thiocarbonyl (C=S) groups is 1. The van der Waals surface area contributed by atoms with Crippen LogP contribution in [0.5, 0.6) is 0 Å². The van der Waals surface area contributed by atoms with E-state index in [2.05, 4.69) is 16.7 Å². The molecule has 1 amide bonds. The summed E-state index contributed by atoms with van der Waals surface area (Å²) < 4.78 is 12.9. The molecule has 4 nitrogen and oxygen atoms in total. The number of thiophene rings is 1. The van der Waals surface area contributed by atoms with Crippen LogP contribution < -0.4 is 10.6 Å². The summed E-state index contributed by atoms with van der Waals surface area (Å²) in [6, 6.07) is 8.04. The first-order chi connectivity index (χ1) is 12.6. The highest BCUT2D eigenvalue weighted by Crippen LogP contribution is 2.37. The van der Waals surface area contributed by atoms with Crippen LogP contribution in [0.15, 0.2) is 30.3 Å². The Hall–Kier alpha value is -2.56. The minimum Gasteiger partial charge on any atom is -0.323 e. The number of hydrogen-bond donors (Lipinski definition) is 2. The molecule has 0 saturated carbocycles. The molecule has 2 aromatic rings. The Morgan fingerprint density at radius 2 is 2.00 bits per heavy atom. The van der Waals surface area contributed by atoms with E-state index in [0.29, 0.717) is 16.1 Å². The van der Waals surface area contributed by atoms with Crippen molar-refractivity contribution in [1.29, 1.82) is 5.26 Å². The maximum absolute atomic E-state index is 12.9. The fourth-order valence-corrected chi connectivity index (χ4v) is 4.32. The Morgan fingerprint density at radius 1 is 1.27 bits per heavy atom. The van der Waals surface area contributed by atoms with Crippen LogP contribution >= 0.6 is 23.6 Å². The molecule has 1 heterocycles. The monoisotopic (exact) mass is 385 g/mol. The van der Waals surface area contributed by atoms with Crippen molar-refractivity contribution in [2.75, 3.05) is 5.32 Å². The zero-order valence-electron chi connectivity index (χ0n) is 13.8. The first kappa shape index (κ1) is 18.2. The van der Waals surface area contributed by atoms with Gasteiger partial charge in [0, 0.05) is 11.0 Å². The number of anilines is 1. The summed E-state index contributed by atoms with van der Waals surface area (Å²) in [6.07, 6.45) is 7.01. The van der Waals surface area contributed by atoms with E-state index in [1.54, 1.807) is 18.2 Å². The van der Waals surface area contributed by atoms with Gasteiger partial charge in [0.25, 0.3) is 0 Å². The molecule has 3 rings (SSSR count). The van der Waals surface area contributed by atoms with E-state index in [4.69, 9.17) is 12.2 Å². The number of aryl methyl sites for hydroxylation is 1. The Balaban J connectivity index is 1.62. The molecule has 1 aromatic heterocycles. The molecule has 1 aliphatic rings. The van der Waals surface area contributed by atoms with Crippen molar-refractivity contribution < 1.29 is 9.18 Å². The van der Waals surface area contributed by atoms with Gasteiger partial charge in [-0.3, -0.25) is 10.1 Å². The lowest BCUT2D eigenvalue weighted by Gasteiger charge is -2.09. The second-order valence-electron chi connectivity index (χ2n) is 5.86. The van der Waals surface area contributed by atoms with Gasteiger partial charge < -0.3 is 5.32 Å². The summed E-state index contributed by atoms with van der Waals surface area (Å²) in [6.45, 7) is 0. The van der Waals surface area contributed by atoms with Gasteiger partial charge in [-0.05, 0) is 67.2 Å². The molecule has 0 aliphatic heterocycles. The lowest BCUT2D eigenvalue weighted by atomic mass is 9.96. The minimum absolute atomic E-state index is 0.147. The van der Waals surface area contributed by atoms with Crippen molar-refractivity contribution in [3.05, 3.63) is 57.7 Å². The topological polar surface area (TPSA) is 64.9 Å². The van der Waals surface area contributed by atoms with Crippen LogP contribution in [0, 0.1) is 17.1 Å². The van der Waals surface area contributed by atoms with Crippen LogP contribution in [0.25, 0.3) is 6.08 Å². The molecule has 0 saturated heterocycles. The standard InChI is InChI=1S/C19H16FN3OS2/c20-13-8-5-12(6-9-13)7-10-17(24)22-19(25)23-18-15(11-21)14-3-1-2-4-16(14)26-18/h5-10H,1-4H2,(H2,22,23,24,25)/b10-7+. The molecule has 26 heavy (non-hydrogen) atoms. The first-order valence-corrected chi connectivity index (χ1v) is 9.39. The van der Waals surface area contributed by atoms with Crippen LogP contribution in [0.3, 0.4) is 0 Å². The van der Waals surface area contributed by atoms with E-state index in [1.807, 2.05) is 0 Å². The number of carbonyl (C=O) groups is 1. The fraction of sp³-hybridized carbons (Fsp3) is 0.211. The number of nitriles is 1. The number of fused-ring (bicyclic) bond motifs is 1. The van der Waals surface area contributed by atoms with Crippen molar-refractivity contribution in [2.24, 2.45) is 0 Å². The molecule has 7 heteroatoms. The van der Waals surface area contributed by atoms with Crippen LogP contribution in [-0.4, -0.2) is 11.0 Å². The molecule has 1 aromatic carbocycles. The summed E-state index contributed by atoms with van der Waals surface area (Å²) >= 11 is 6.71. The van der Waals surface area contributed by atoms with Gasteiger partial charge in [0.15, 0.2) is 5.11 Å². The van der Waals surface area contributed by atoms with Gasteiger partial charge in [0.2, 0.25) is 5.91 Å². The van der Waals surface area contributed by atoms with Crippen LogP contribution in [0.1, 0.15) is 34.4 Å². The SMILES string of the molecule is N#Cc1c(NC(=S)NC(=O)/C=C/c2ccc(F)cc2)sc2c1CCCC2. The molecule has 0 spiro atoms. The molecule has 0 bridgehead atoms. The average Bonchev–Trinajstić information content (AvgIpc) is 2.97. The molecule has 132 valence electrons. The maximum Gasteiger partial charge on any atom is 0.250 e. The predicted molar refractivity (Wildman–Crippen MR) is 105 cm³/mol. The van der Waals surface area contributed by atoms with Gasteiger partial charge >= 0.3 is 0 Å². The van der Waals surface area contributed by atoms with Crippen molar-refractivity contribution in [3.8, 4) is 6.07 Å². The van der Waals surface area contributed by atoms with E-state index in [9.17, 15) is 14.4 Å². The molecule has 1 aliphatic carbocycles. The van der Waals surface area contributed by atoms with E-state index in [0.717, 1.165) is 31.2 Å². The Kier molecular flexibility index (Phi) is 5.76. The van der Waals surface area contributed by atoms with Crippen LogP contribution in [-0.2, 0) is 17.6 Å². The summed E-state index contributed by atoms with van der Waals surface area (Å²) in [7, 11) is 0. The van der Waals surface area contributed by atoms with Crippen molar-refractivity contribution >= 4 is 45.7 Å². The lowest BCUT2D eigenvalue weighted by Crippen LogP contribution is -2.32. The third-order valence-corrected chi connectivity index (χ3v) is 5.46. The number of nitrogens with one attached hydrogen (secondary N) is 2. The highest BCUT2D eigenvalue weighted by molar-refractivity contribution is 7.80. The Morgan fingerprint density at radius 3 is 2.73 bits per heavy atom. The molecule has 0 atom stereocenters. The number of nitrogens with zero attached hydrogens (tertiary/aromatic N) is 1. The first-order valence-electron chi connectivity index (χ1n) is 8.17. The van der Waals surface area contributed by atoms with E-state index >= 15 is 0 Å². The molecule has 0 unspecified atom stereocenters.